The van der Waals surface area contributed by atoms with Gasteiger partial charge in [0, 0.05) is 32.6 Å². The fourth-order valence-corrected chi connectivity index (χ4v) is 5.28. The van der Waals surface area contributed by atoms with Gasteiger partial charge in [-0.3, -0.25) is 9.59 Å². The highest BCUT2D eigenvalue weighted by Crippen LogP contribution is 2.48. The van der Waals surface area contributed by atoms with Crippen molar-refractivity contribution in [2.45, 2.75) is 50.9 Å². The Morgan fingerprint density at radius 1 is 1.20 bits per heavy atom. The van der Waals surface area contributed by atoms with Crippen molar-refractivity contribution in [3.63, 3.8) is 0 Å². The van der Waals surface area contributed by atoms with Gasteiger partial charge in [0.1, 0.15) is 0 Å². The second-order valence-electron chi connectivity index (χ2n) is 8.35. The summed E-state index contributed by atoms with van der Waals surface area (Å²) in [6, 6.07) is 9.91. The molecule has 2 fully saturated rings. The lowest BCUT2D eigenvalue weighted by Crippen LogP contribution is -2.38. The van der Waals surface area contributed by atoms with Crippen LogP contribution in [0.1, 0.15) is 51.0 Å². The van der Waals surface area contributed by atoms with Crippen molar-refractivity contribution in [2.75, 3.05) is 31.9 Å². The quantitative estimate of drug-likeness (QED) is 0.712. The van der Waals surface area contributed by atoms with Crippen LogP contribution in [0, 0.1) is 5.92 Å². The summed E-state index contributed by atoms with van der Waals surface area (Å²) in [7, 11) is -3.33. The van der Waals surface area contributed by atoms with E-state index in [1.165, 1.54) is 4.31 Å². The van der Waals surface area contributed by atoms with E-state index in [2.05, 4.69) is 10.6 Å². The first kappa shape index (κ1) is 22.7. The smallest absolute Gasteiger partial charge is 0.230 e. The highest BCUT2D eigenvalue weighted by atomic mass is 32.2. The molecule has 1 unspecified atom stereocenters. The predicted molar refractivity (Wildman–Crippen MR) is 116 cm³/mol. The van der Waals surface area contributed by atoms with Crippen molar-refractivity contribution in [2.24, 2.45) is 5.92 Å². The van der Waals surface area contributed by atoms with E-state index in [1.807, 2.05) is 30.3 Å². The maximum absolute atomic E-state index is 12.9. The zero-order chi connectivity index (χ0) is 21.6. The van der Waals surface area contributed by atoms with E-state index in [-0.39, 0.29) is 36.5 Å². The third-order valence-corrected chi connectivity index (χ3v) is 8.18. The normalized spacial score (nSPS) is 23.1. The molecule has 1 atom stereocenters. The van der Waals surface area contributed by atoms with Gasteiger partial charge in [0.2, 0.25) is 21.8 Å². The lowest BCUT2D eigenvalue weighted by Gasteiger charge is -2.23. The minimum atomic E-state index is -3.33. The number of hydrogen-bond donors (Lipinski definition) is 2. The van der Waals surface area contributed by atoms with Crippen LogP contribution in [0.5, 0.6) is 0 Å². The standard InChI is InChI=1S/C22H33N3O4S/c1-2-30(28,29)25-15-6-7-18(10-14-23-20(26)11-16-25)17-24-21(27)22(12-13-22)19-8-4-3-5-9-19/h3-5,8-9,18H,2,6-7,10-17H2,1H3,(H,23,26)(H,24,27). The molecule has 30 heavy (non-hydrogen) atoms. The Morgan fingerprint density at radius 3 is 2.60 bits per heavy atom. The van der Waals surface area contributed by atoms with E-state index in [0.717, 1.165) is 37.7 Å². The summed E-state index contributed by atoms with van der Waals surface area (Å²) in [5.74, 6) is 0.180. The number of carbonyl (C=O) groups is 2. The highest BCUT2D eigenvalue weighted by molar-refractivity contribution is 7.89. The molecular formula is C22H33N3O4S. The van der Waals surface area contributed by atoms with Gasteiger partial charge in [-0.2, -0.15) is 0 Å². The summed E-state index contributed by atoms with van der Waals surface area (Å²) in [5, 5.41) is 6.02. The molecule has 1 saturated carbocycles. The van der Waals surface area contributed by atoms with Crippen LogP contribution in [0.15, 0.2) is 30.3 Å². The lowest BCUT2D eigenvalue weighted by molar-refractivity contribution is -0.124. The minimum Gasteiger partial charge on any atom is -0.356 e. The number of carbonyl (C=O) groups excluding carboxylic acids is 2. The molecular weight excluding hydrogens is 402 g/mol. The van der Waals surface area contributed by atoms with Crippen molar-refractivity contribution < 1.29 is 18.0 Å². The summed E-state index contributed by atoms with van der Waals surface area (Å²) in [6.07, 6.45) is 4.22. The predicted octanol–water partition coefficient (Wildman–Crippen LogP) is 1.79. The molecule has 0 bridgehead atoms. The van der Waals surface area contributed by atoms with Crippen LogP contribution in [0.4, 0.5) is 0 Å². The first-order valence-corrected chi connectivity index (χ1v) is 12.6. The third kappa shape index (κ3) is 5.60. The van der Waals surface area contributed by atoms with E-state index in [1.54, 1.807) is 6.92 Å². The first-order valence-electron chi connectivity index (χ1n) is 11.0. The fraction of sp³-hybridized carbons (Fsp3) is 0.636. The van der Waals surface area contributed by atoms with Crippen LogP contribution in [-0.2, 0) is 25.0 Å². The first-order chi connectivity index (χ1) is 14.4. The van der Waals surface area contributed by atoms with Crippen LogP contribution >= 0.6 is 0 Å². The van der Waals surface area contributed by atoms with E-state index < -0.39 is 15.4 Å². The molecule has 3 rings (SSSR count). The molecule has 1 saturated heterocycles. The van der Waals surface area contributed by atoms with Crippen molar-refractivity contribution in [1.82, 2.24) is 14.9 Å². The molecule has 1 aromatic carbocycles. The van der Waals surface area contributed by atoms with Crippen LogP contribution in [0.3, 0.4) is 0 Å². The Bertz CT molecular complexity index is 837. The van der Waals surface area contributed by atoms with Gasteiger partial charge in [-0.1, -0.05) is 30.3 Å². The van der Waals surface area contributed by atoms with Gasteiger partial charge in [0.25, 0.3) is 0 Å². The number of nitrogens with one attached hydrogen (secondary N) is 2. The minimum absolute atomic E-state index is 0.0374. The number of hydrogen-bond acceptors (Lipinski definition) is 4. The molecule has 0 radical (unpaired) electrons. The van der Waals surface area contributed by atoms with Crippen LogP contribution < -0.4 is 10.6 Å². The Kier molecular flexibility index (Phi) is 7.52. The van der Waals surface area contributed by atoms with Crippen molar-refractivity contribution in [1.29, 1.82) is 0 Å². The molecule has 1 aliphatic carbocycles. The van der Waals surface area contributed by atoms with Gasteiger partial charge in [0.05, 0.1) is 11.2 Å². The molecule has 0 spiro atoms. The third-order valence-electron chi connectivity index (χ3n) is 6.30. The molecule has 0 aromatic heterocycles. The van der Waals surface area contributed by atoms with Crippen LogP contribution in [-0.4, -0.2) is 56.5 Å². The molecule has 7 nitrogen and oxygen atoms in total. The average Bonchev–Trinajstić information content (AvgIpc) is 3.56. The van der Waals surface area contributed by atoms with Gasteiger partial charge in [-0.15, -0.1) is 0 Å². The summed E-state index contributed by atoms with van der Waals surface area (Å²) in [6.45, 7) is 3.36. The monoisotopic (exact) mass is 435 g/mol. The Morgan fingerprint density at radius 2 is 1.93 bits per heavy atom. The number of amides is 2. The van der Waals surface area contributed by atoms with E-state index in [0.29, 0.717) is 19.6 Å². The SMILES string of the molecule is CCS(=O)(=O)N1CCCC(CNC(=O)C2(c3ccccc3)CC2)CCNC(=O)CC1. The number of benzene rings is 1. The molecule has 1 aromatic rings. The molecule has 2 aliphatic rings. The second kappa shape index (κ2) is 9.92. The Balaban J connectivity index is 1.58. The number of rotatable bonds is 6. The maximum Gasteiger partial charge on any atom is 0.230 e. The number of sulfonamides is 1. The summed E-state index contributed by atoms with van der Waals surface area (Å²) < 4.78 is 26.0. The summed E-state index contributed by atoms with van der Waals surface area (Å²) in [4.78, 5) is 24.9. The molecule has 166 valence electrons. The van der Waals surface area contributed by atoms with Crippen molar-refractivity contribution in [3.05, 3.63) is 35.9 Å². The fourth-order valence-electron chi connectivity index (χ4n) is 4.14. The highest BCUT2D eigenvalue weighted by Gasteiger charge is 2.51. The van der Waals surface area contributed by atoms with Gasteiger partial charge < -0.3 is 10.6 Å². The van der Waals surface area contributed by atoms with Gasteiger partial charge in [-0.25, -0.2) is 12.7 Å². The largest absolute Gasteiger partial charge is 0.356 e. The molecule has 2 amide bonds. The Hall–Kier alpha value is -1.93. The Labute approximate surface area is 179 Å². The maximum atomic E-state index is 12.9. The van der Waals surface area contributed by atoms with Gasteiger partial charge in [0.15, 0.2) is 0 Å². The summed E-state index contributed by atoms with van der Waals surface area (Å²) in [5.41, 5.74) is 0.673. The molecule has 8 heteroatoms. The van der Waals surface area contributed by atoms with E-state index in [4.69, 9.17) is 0 Å². The van der Waals surface area contributed by atoms with Crippen LogP contribution in [0.25, 0.3) is 0 Å². The molecule has 1 aliphatic heterocycles. The average molecular weight is 436 g/mol. The zero-order valence-electron chi connectivity index (χ0n) is 17.7. The molecule has 1 heterocycles. The topological polar surface area (TPSA) is 95.6 Å². The van der Waals surface area contributed by atoms with E-state index >= 15 is 0 Å². The van der Waals surface area contributed by atoms with Crippen molar-refractivity contribution in [3.8, 4) is 0 Å². The number of nitrogens with zero attached hydrogens (tertiary/aromatic N) is 1. The van der Waals surface area contributed by atoms with E-state index in [9.17, 15) is 18.0 Å². The van der Waals surface area contributed by atoms with Crippen molar-refractivity contribution >= 4 is 21.8 Å². The van der Waals surface area contributed by atoms with Gasteiger partial charge >= 0.3 is 0 Å². The van der Waals surface area contributed by atoms with Gasteiger partial charge in [-0.05, 0) is 50.5 Å². The zero-order valence-corrected chi connectivity index (χ0v) is 18.5. The van der Waals surface area contributed by atoms with Crippen LogP contribution in [0.2, 0.25) is 0 Å². The molecule has 2 N–H and O–H groups in total. The lowest BCUT2D eigenvalue weighted by atomic mass is 9.94. The summed E-state index contributed by atoms with van der Waals surface area (Å²) >= 11 is 0. The second-order valence-corrected chi connectivity index (χ2v) is 10.6.